The molecule has 1 fully saturated rings. The van der Waals surface area contributed by atoms with Crippen LogP contribution in [0.1, 0.15) is 77.2 Å². The Hall–Kier alpha value is -3.42. The van der Waals surface area contributed by atoms with E-state index in [-0.39, 0.29) is 12.1 Å². The van der Waals surface area contributed by atoms with Crippen molar-refractivity contribution in [1.29, 1.82) is 0 Å². The van der Waals surface area contributed by atoms with Gasteiger partial charge in [-0.05, 0) is 74.2 Å². The molecule has 8 nitrogen and oxygen atoms in total. The van der Waals surface area contributed by atoms with E-state index in [0.29, 0.717) is 31.3 Å². The van der Waals surface area contributed by atoms with Gasteiger partial charge in [-0.1, -0.05) is 45.4 Å². The van der Waals surface area contributed by atoms with E-state index in [1.54, 1.807) is 6.21 Å². The largest absolute Gasteiger partial charge is 0.494 e. The summed E-state index contributed by atoms with van der Waals surface area (Å²) in [5.41, 5.74) is 3.34. The average molecular weight is 526 g/mol. The Kier molecular flexibility index (Phi) is 13.2. The number of unbranched alkanes of at least 4 members (excludes halogenated alkanes) is 3. The predicted octanol–water partition coefficient (Wildman–Crippen LogP) is 6.47. The molecule has 1 aliphatic carbocycles. The Labute approximate surface area is 227 Å². The molecular formula is C30H43N3O5. The van der Waals surface area contributed by atoms with Crippen molar-refractivity contribution in [3.8, 4) is 23.0 Å². The summed E-state index contributed by atoms with van der Waals surface area (Å²) in [6, 6.07) is 13.2. The van der Waals surface area contributed by atoms with Crippen LogP contribution in [-0.2, 0) is 0 Å². The summed E-state index contributed by atoms with van der Waals surface area (Å²) in [4.78, 5) is 12.1. The molecule has 0 unspecified atom stereocenters. The van der Waals surface area contributed by atoms with Gasteiger partial charge in [-0.15, -0.1) is 0 Å². The van der Waals surface area contributed by atoms with Gasteiger partial charge >= 0.3 is 6.03 Å². The molecule has 0 radical (unpaired) electrons. The smallest absolute Gasteiger partial charge is 0.335 e. The normalized spacial score (nSPS) is 13.7. The van der Waals surface area contributed by atoms with Crippen molar-refractivity contribution in [3.05, 3.63) is 48.0 Å². The number of rotatable bonds is 16. The number of nitrogens with zero attached hydrogens (tertiary/aromatic N) is 1. The minimum absolute atomic E-state index is 0.238. The van der Waals surface area contributed by atoms with E-state index in [9.17, 15) is 4.79 Å². The maximum Gasteiger partial charge on any atom is 0.335 e. The number of benzene rings is 2. The summed E-state index contributed by atoms with van der Waals surface area (Å²) < 4.78 is 23.2. The summed E-state index contributed by atoms with van der Waals surface area (Å²) in [5.74, 6) is 2.87. The third-order valence-electron chi connectivity index (χ3n) is 6.29. The molecule has 2 N–H and O–H groups in total. The van der Waals surface area contributed by atoms with Gasteiger partial charge in [0, 0.05) is 6.04 Å². The summed E-state index contributed by atoms with van der Waals surface area (Å²) in [6.07, 6.45) is 12.0. The van der Waals surface area contributed by atoms with Crippen LogP contribution in [0.3, 0.4) is 0 Å². The van der Waals surface area contributed by atoms with E-state index in [4.69, 9.17) is 18.9 Å². The Balaban J connectivity index is 1.40. The zero-order valence-corrected chi connectivity index (χ0v) is 22.9. The Bertz CT molecular complexity index is 974. The van der Waals surface area contributed by atoms with Gasteiger partial charge in [0.15, 0.2) is 11.5 Å². The molecule has 0 bridgehead atoms. The lowest BCUT2D eigenvalue weighted by Gasteiger charge is -2.22. The monoisotopic (exact) mass is 525 g/mol. The standard InChI is InChI=1S/C30H43N3O5/c1-3-5-6-10-19-36-26-14-16-27(17-15-26)37-20-21-38-28-18-13-24(22-29(28)35-4-2)23-31-33-30(34)32-25-11-8-7-9-12-25/h13-18,22-23,25H,3-12,19-21H2,1-2H3,(H2,32,33,34)/b31-23-. The fourth-order valence-electron chi connectivity index (χ4n) is 4.28. The minimum atomic E-state index is -0.275. The molecule has 0 aliphatic heterocycles. The van der Waals surface area contributed by atoms with Gasteiger partial charge in [-0.3, -0.25) is 0 Å². The van der Waals surface area contributed by atoms with E-state index >= 15 is 0 Å². The third-order valence-corrected chi connectivity index (χ3v) is 6.29. The molecule has 0 aromatic heterocycles. The van der Waals surface area contributed by atoms with Gasteiger partial charge in [0.05, 0.1) is 19.4 Å². The summed E-state index contributed by atoms with van der Waals surface area (Å²) >= 11 is 0. The Morgan fingerprint density at radius 1 is 0.842 bits per heavy atom. The topological polar surface area (TPSA) is 90.4 Å². The summed E-state index contributed by atoms with van der Waals surface area (Å²) in [5, 5.41) is 7.05. The van der Waals surface area contributed by atoms with Crippen molar-refractivity contribution in [1.82, 2.24) is 10.7 Å². The van der Waals surface area contributed by atoms with Crippen molar-refractivity contribution in [2.24, 2.45) is 5.10 Å². The molecule has 2 aromatic carbocycles. The van der Waals surface area contributed by atoms with Crippen molar-refractivity contribution in [2.45, 2.75) is 77.7 Å². The van der Waals surface area contributed by atoms with E-state index in [0.717, 1.165) is 55.8 Å². The fraction of sp³-hybridized carbons (Fsp3) is 0.533. The van der Waals surface area contributed by atoms with Crippen LogP contribution in [0, 0.1) is 0 Å². The Morgan fingerprint density at radius 3 is 2.26 bits per heavy atom. The highest BCUT2D eigenvalue weighted by molar-refractivity contribution is 5.82. The minimum Gasteiger partial charge on any atom is -0.494 e. The summed E-state index contributed by atoms with van der Waals surface area (Å²) in [7, 11) is 0. The molecule has 0 heterocycles. The lowest BCUT2D eigenvalue weighted by atomic mass is 9.96. The van der Waals surface area contributed by atoms with Gasteiger partial charge in [-0.2, -0.15) is 5.10 Å². The van der Waals surface area contributed by atoms with Gasteiger partial charge in [0.25, 0.3) is 0 Å². The second-order valence-corrected chi connectivity index (χ2v) is 9.40. The number of nitrogens with one attached hydrogen (secondary N) is 2. The molecular weight excluding hydrogens is 482 g/mol. The van der Waals surface area contributed by atoms with E-state index < -0.39 is 0 Å². The van der Waals surface area contributed by atoms with Crippen LogP contribution in [0.4, 0.5) is 4.79 Å². The van der Waals surface area contributed by atoms with Gasteiger partial charge in [0.1, 0.15) is 24.7 Å². The highest BCUT2D eigenvalue weighted by atomic mass is 16.5. The molecule has 1 saturated carbocycles. The average Bonchev–Trinajstić information content (AvgIpc) is 2.93. The molecule has 2 amide bonds. The van der Waals surface area contributed by atoms with Crippen LogP contribution in [0.2, 0.25) is 0 Å². The maximum absolute atomic E-state index is 12.1. The highest BCUT2D eigenvalue weighted by Gasteiger charge is 2.15. The maximum atomic E-state index is 12.1. The van der Waals surface area contributed by atoms with Crippen LogP contribution in [0.5, 0.6) is 23.0 Å². The number of hydrogen-bond acceptors (Lipinski definition) is 6. The summed E-state index contributed by atoms with van der Waals surface area (Å²) in [6.45, 7) is 6.13. The number of urea groups is 1. The SMILES string of the molecule is CCCCCCOc1ccc(OCCOc2ccc(/C=N\NC(=O)NC3CCCCC3)cc2OCC)cc1. The number of carbonyl (C=O) groups excluding carboxylic acids is 1. The first kappa shape index (κ1) is 29.1. The number of hydrazone groups is 1. The molecule has 3 rings (SSSR count). The first-order valence-corrected chi connectivity index (χ1v) is 14.0. The first-order chi connectivity index (χ1) is 18.7. The molecule has 38 heavy (non-hydrogen) atoms. The lowest BCUT2D eigenvalue weighted by Crippen LogP contribution is -2.41. The van der Waals surface area contributed by atoms with E-state index in [1.807, 2.05) is 49.4 Å². The molecule has 1 aliphatic rings. The second kappa shape index (κ2) is 17.2. The fourth-order valence-corrected chi connectivity index (χ4v) is 4.28. The number of hydrogen-bond donors (Lipinski definition) is 2. The molecule has 8 heteroatoms. The van der Waals surface area contributed by atoms with Gasteiger partial charge in [0.2, 0.25) is 0 Å². The zero-order chi connectivity index (χ0) is 26.8. The van der Waals surface area contributed by atoms with Crippen LogP contribution in [0.15, 0.2) is 47.6 Å². The van der Waals surface area contributed by atoms with Gasteiger partial charge in [-0.25, -0.2) is 10.2 Å². The zero-order valence-electron chi connectivity index (χ0n) is 22.9. The van der Waals surface area contributed by atoms with Crippen LogP contribution in [-0.4, -0.2) is 44.7 Å². The van der Waals surface area contributed by atoms with Crippen LogP contribution < -0.4 is 29.7 Å². The number of carbonyl (C=O) groups is 1. The second-order valence-electron chi connectivity index (χ2n) is 9.40. The van der Waals surface area contributed by atoms with Crippen molar-refractivity contribution in [3.63, 3.8) is 0 Å². The highest BCUT2D eigenvalue weighted by Crippen LogP contribution is 2.28. The van der Waals surface area contributed by atoms with Crippen LogP contribution >= 0.6 is 0 Å². The van der Waals surface area contributed by atoms with Crippen molar-refractivity contribution >= 4 is 12.2 Å². The van der Waals surface area contributed by atoms with Crippen LogP contribution in [0.25, 0.3) is 0 Å². The molecule has 2 aromatic rings. The van der Waals surface area contributed by atoms with Crippen molar-refractivity contribution < 1.29 is 23.7 Å². The van der Waals surface area contributed by atoms with E-state index in [1.165, 1.54) is 25.7 Å². The Morgan fingerprint density at radius 2 is 1.55 bits per heavy atom. The first-order valence-electron chi connectivity index (χ1n) is 14.0. The van der Waals surface area contributed by atoms with E-state index in [2.05, 4.69) is 22.8 Å². The molecule has 0 saturated heterocycles. The quantitative estimate of drug-likeness (QED) is 0.149. The molecule has 0 atom stereocenters. The number of ether oxygens (including phenoxy) is 4. The number of amides is 2. The molecule has 0 spiro atoms. The van der Waals surface area contributed by atoms with Crippen molar-refractivity contribution in [2.75, 3.05) is 26.4 Å². The predicted molar refractivity (Wildman–Crippen MR) is 151 cm³/mol. The third kappa shape index (κ3) is 10.9. The van der Waals surface area contributed by atoms with Gasteiger partial charge < -0.3 is 24.3 Å². The lowest BCUT2D eigenvalue weighted by molar-refractivity contribution is 0.208. The molecule has 208 valence electrons.